The molecule has 5 atom stereocenters. The average molecular weight is 394 g/mol. The van der Waals surface area contributed by atoms with E-state index in [0.29, 0.717) is 5.75 Å². The molecule has 0 aromatic heterocycles. The predicted molar refractivity (Wildman–Crippen MR) is 105 cm³/mol. The first-order chi connectivity index (χ1) is 14.0. The molecule has 0 bridgehead atoms. The number of carboxylic acids is 1. The van der Waals surface area contributed by atoms with Crippen molar-refractivity contribution in [2.24, 2.45) is 0 Å². The van der Waals surface area contributed by atoms with Crippen molar-refractivity contribution < 1.29 is 34.7 Å². The Labute approximate surface area is 164 Å². The number of aliphatic hydroxyl groups excluding tert-OH is 3. The first-order valence-corrected chi connectivity index (χ1v) is 9.21. The Kier molecular flexibility index (Phi) is 4.07. The summed E-state index contributed by atoms with van der Waals surface area (Å²) < 4.78 is 11.1. The summed E-state index contributed by atoms with van der Waals surface area (Å²) in [5.41, 5.74) is 0. The van der Waals surface area contributed by atoms with Crippen molar-refractivity contribution >= 4 is 38.3 Å². The van der Waals surface area contributed by atoms with Gasteiger partial charge in [-0.25, -0.2) is 4.79 Å². The van der Waals surface area contributed by atoms with Gasteiger partial charge in [-0.05, 0) is 33.7 Å². The van der Waals surface area contributed by atoms with Crippen molar-refractivity contribution in [2.75, 3.05) is 0 Å². The topological polar surface area (TPSA) is 116 Å². The van der Waals surface area contributed by atoms with Gasteiger partial charge in [0.2, 0.25) is 6.29 Å². The molecule has 5 rings (SSSR count). The number of carbonyl (C=O) groups is 1. The van der Waals surface area contributed by atoms with Gasteiger partial charge in [0.25, 0.3) is 0 Å². The summed E-state index contributed by atoms with van der Waals surface area (Å²) in [6, 6.07) is 17.6. The van der Waals surface area contributed by atoms with Crippen LogP contribution in [-0.2, 0) is 9.53 Å². The summed E-state index contributed by atoms with van der Waals surface area (Å²) in [7, 11) is 0. The van der Waals surface area contributed by atoms with Gasteiger partial charge in [-0.3, -0.25) is 0 Å². The smallest absolute Gasteiger partial charge is 0.335 e. The molecule has 1 fully saturated rings. The van der Waals surface area contributed by atoms with E-state index in [-0.39, 0.29) is 0 Å². The highest BCUT2D eigenvalue weighted by molar-refractivity contribution is 6.24. The summed E-state index contributed by atoms with van der Waals surface area (Å²) in [5, 5.41) is 45.4. The van der Waals surface area contributed by atoms with E-state index >= 15 is 0 Å². The molecule has 0 radical (unpaired) electrons. The number of rotatable bonds is 3. The fourth-order valence-corrected chi connectivity index (χ4v) is 4.09. The lowest BCUT2D eigenvalue weighted by atomic mass is 9.94. The zero-order chi connectivity index (χ0) is 20.3. The normalized spacial score (nSPS) is 27.6. The molecule has 1 heterocycles. The predicted octanol–water partition coefficient (Wildman–Crippen LogP) is 1.85. The SMILES string of the molecule is O=C(O)[C@H]1O[C@@H](Oc2ccc3ccc4cccc5ccc2c3c45)[C@@H](O)[C@@H](O)[C@@H]1O. The largest absolute Gasteiger partial charge is 0.479 e. The molecule has 1 aliphatic rings. The van der Waals surface area contributed by atoms with Crippen LogP contribution in [0.3, 0.4) is 0 Å². The zero-order valence-corrected chi connectivity index (χ0v) is 15.1. The third kappa shape index (κ3) is 2.71. The highest BCUT2D eigenvalue weighted by Gasteiger charge is 2.48. The number of hydrogen-bond donors (Lipinski definition) is 4. The van der Waals surface area contributed by atoms with E-state index in [2.05, 4.69) is 0 Å². The van der Waals surface area contributed by atoms with E-state index in [1.807, 2.05) is 48.5 Å². The second kappa shape index (κ2) is 6.53. The van der Waals surface area contributed by atoms with Crippen molar-refractivity contribution in [3.63, 3.8) is 0 Å². The minimum absolute atomic E-state index is 0.382. The molecule has 0 amide bonds. The monoisotopic (exact) mass is 394 g/mol. The van der Waals surface area contributed by atoms with E-state index in [1.165, 1.54) is 0 Å². The first-order valence-electron chi connectivity index (χ1n) is 9.21. The van der Waals surface area contributed by atoms with Crippen molar-refractivity contribution in [3.05, 3.63) is 54.6 Å². The van der Waals surface area contributed by atoms with Gasteiger partial charge >= 0.3 is 5.97 Å². The molecule has 4 aromatic carbocycles. The molecule has 1 aliphatic heterocycles. The Morgan fingerprint density at radius 2 is 1.41 bits per heavy atom. The maximum Gasteiger partial charge on any atom is 0.335 e. The Morgan fingerprint density at radius 3 is 2.10 bits per heavy atom. The molecule has 4 N–H and O–H groups in total. The van der Waals surface area contributed by atoms with Gasteiger partial charge in [-0.15, -0.1) is 0 Å². The van der Waals surface area contributed by atoms with Gasteiger partial charge in [0.1, 0.15) is 24.1 Å². The lowest BCUT2D eigenvalue weighted by molar-refractivity contribution is -0.270. The zero-order valence-electron chi connectivity index (χ0n) is 15.1. The van der Waals surface area contributed by atoms with Gasteiger partial charge < -0.3 is 29.9 Å². The number of hydrogen-bond acceptors (Lipinski definition) is 6. The standard InChI is InChI=1S/C22H18O7/c23-17-18(24)20(21(26)27)29-22(19(17)25)28-14-9-7-12-5-4-10-2-1-3-11-6-8-13(14)16(12)15(10)11/h1-9,17-20,22-25H,(H,26,27)/t17-,18-,19-,20-,22+/m0/s1. The average Bonchev–Trinajstić information content (AvgIpc) is 2.73. The number of ether oxygens (including phenoxy) is 2. The van der Waals surface area contributed by atoms with E-state index in [0.717, 1.165) is 32.3 Å². The van der Waals surface area contributed by atoms with E-state index in [9.17, 15) is 25.2 Å². The second-order valence-corrected chi connectivity index (χ2v) is 7.27. The Hall–Kier alpha value is -2.97. The van der Waals surface area contributed by atoms with Crippen molar-refractivity contribution in [2.45, 2.75) is 30.7 Å². The number of aliphatic hydroxyl groups is 3. The molecule has 0 aliphatic carbocycles. The van der Waals surface area contributed by atoms with E-state index in [4.69, 9.17) is 9.47 Å². The summed E-state index contributed by atoms with van der Waals surface area (Å²) >= 11 is 0. The summed E-state index contributed by atoms with van der Waals surface area (Å²) in [6.45, 7) is 0. The molecular formula is C22H18O7. The van der Waals surface area contributed by atoms with E-state index < -0.39 is 36.7 Å². The van der Waals surface area contributed by atoms with Crippen LogP contribution in [0.15, 0.2) is 54.6 Å². The quantitative estimate of drug-likeness (QED) is 0.392. The van der Waals surface area contributed by atoms with Crippen molar-refractivity contribution in [3.8, 4) is 5.75 Å². The van der Waals surface area contributed by atoms with Gasteiger partial charge in [-0.1, -0.05) is 42.5 Å². The molecule has 1 saturated heterocycles. The van der Waals surface area contributed by atoms with Crippen LogP contribution in [0, 0.1) is 0 Å². The third-order valence-corrected chi connectivity index (χ3v) is 5.54. The van der Waals surface area contributed by atoms with Crippen molar-refractivity contribution in [1.82, 2.24) is 0 Å². The van der Waals surface area contributed by atoms with Crippen LogP contribution < -0.4 is 4.74 Å². The fraction of sp³-hybridized carbons (Fsp3) is 0.227. The lowest BCUT2D eigenvalue weighted by Gasteiger charge is -2.38. The maximum absolute atomic E-state index is 11.3. The molecule has 0 unspecified atom stereocenters. The molecule has 7 nitrogen and oxygen atoms in total. The number of carboxylic acid groups (broad SMARTS) is 1. The second-order valence-electron chi connectivity index (χ2n) is 7.27. The summed E-state index contributed by atoms with van der Waals surface area (Å²) in [4.78, 5) is 11.3. The van der Waals surface area contributed by atoms with Crippen molar-refractivity contribution in [1.29, 1.82) is 0 Å². The van der Waals surface area contributed by atoms with E-state index in [1.54, 1.807) is 6.07 Å². The minimum Gasteiger partial charge on any atom is -0.479 e. The molecular weight excluding hydrogens is 376 g/mol. The molecule has 4 aromatic rings. The Morgan fingerprint density at radius 1 is 0.793 bits per heavy atom. The lowest BCUT2D eigenvalue weighted by Crippen LogP contribution is -2.61. The Bertz CT molecular complexity index is 1200. The minimum atomic E-state index is -1.76. The first kappa shape index (κ1) is 18.1. The molecule has 0 saturated carbocycles. The molecule has 148 valence electrons. The van der Waals surface area contributed by atoms with Gasteiger partial charge in [0, 0.05) is 10.8 Å². The molecule has 0 spiro atoms. The Balaban J connectivity index is 1.61. The third-order valence-electron chi connectivity index (χ3n) is 5.54. The summed E-state index contributed by atoms with van der Waals surface area (Å²) in [5.74, 6) is -1.07. The van der Waals surface area contributed by atoms with Gasteiger partial charge in [-0.2, -0.15) is 0 Å². The summed E-state index contributed by atoms with van der Waals surface area (Å²) in [6.07, 6.45) is -8.25. The maximum atomic E-state index is 11.3. The number of aliphatic carboxylic acids is 1. The van der Waals surface area contributed by atoms with Crippen LogP contribution in [0.5, 0.6) is 5.75 Å². The fourth-order valence-electron chi connectivity index (χ4n) is 4.09. The van der Waals surface area contributed by atoms with Crippen LogP contribution in [0.2, 0.25) is 0 Å². The molecule has 7 heteroatoms. The highest BCUT2D eigenvalue weighted by atomic mass is 16.7. The van der Waals surface area contributed by atoms with Crippen LogP contribution in [0.4, 0.5) is 0 Å². The highest BCUT2D eigenvalue weighted by Crippen LogP contribution is 2.39. The van der Waals surface area contributed by atoms with Gasteiger partial charge in [0.15, 0.2) is 6.10 Å². The van der Waals surface area contributed by atoms with Crippen LogP contribution in [-0.4, -0.2) is 57.1 Å². The van der Waals surface area contributed by atoms with Crippen LogP contribution >= 0.6 is 0 Å². The number of benzene rings is 4. The van der Waals surface area contributed by atoms with Gasteiger partial charge in [0.05, 0.1) is 0 Å². The van der Waals surface area contributed by atoms with Crippen LogP contribution in [0.1, 0.15) is 0 Å². The molecule has 29 heavy (non-hydrogen) atoms. The van der Waals surface area contributed by atoms with Crippen LogP contribution in [0.25, 0.3) is 32.3 Å².